The Balaban J connectivity index is 0.000000137. The molecule has 20 rings (SSSR count). The van der Waals surface area contributed by atoms with Crippen LogP contribution in [-0.4, -0.2) is 193 Å². The van der Waals surface area contributed by atoms with Crippen molar-refractivity contribution in [1.29, 1.82) is 0 Å². The lowest BCUT2D eigenvalue weighted by atomic mass is 9.65. The number of piperidine rings is 4. The van der Waals surface area contributed by atoms with E-state index in [-0.39, 0.29) is 34.5 Å². The van der Waals surface area contributed by atoms with Gasteiger partial charge in [0.1, 0.15) is 34.5 Å². The molecule has 0 spiro atoms. The van der Waals surface area contributed by atoms with Crippen LogP contribution in [0.2, 0.25) is 0 Å². The Bertz CT molecular complexity index is 5700. The zero-order valence-electron chi connectivity index (χ0n) is 77.7. The standard InChI is InChI=1S/2C19H25N2O4P.2C17H26NO4P.2C12H16NO4P/c2*1-2-12-8-11-9-14-18-13(6-7-21(10-11)19(12)14)17-15(20-18)4-3-5-16(17)25-26(22,23)24;1-3-10-18(11-4-2)12-9-15-6-5-14-7-8-16(13-17(14)15)22-23(19,20)21;1-3-11-18(12-4-2)13-10-15-9-8-14-6-5-7-16(17(14)15)22-23(19,20)21;1-13-7-6-10-3-2-9-4-5-11(8-12(9)10)17-18(14,15)16;1-13-8-7-9-5-6-11-10(9)3-2-4-12(11)17-18(14,15)16/h2*3-5,11-12,14,19-20H,2,6-10H2,1H3,(H2,22,23,24);6-8,13H,3-5,9-12H2,1-2H3,(H2,19,20,21);5-7,9H,3-4,8,10-13H2,1-2H3,(H2,19,20,21);3-5,8,13H,2,6-7H2,1H3,(H2,14,15,16);2-5,13H,6-8H2,1H3,(H2,14,15,16). The summed E-state index contributed by atoms with van der Waals surface area (Å²) < 4.78 is 95.7. The van der Waals surface area contributed by atoms with Gasteiger partial charge < -0.3 is 57.5 Å². The van der Waals surface area contributed by atoms with E-state index in [2.05, 4.69) is 111 Å². The molecule has 732 valence electrons. The molecule has 8 bridgehead atoms. The smallest absolute Gasteiger partial charge is 0.404 e. The fourth-order valence-corrected chi connectivity index (χ4v) is 24.6. The SMILES string of the molecule is CCC1CC2CC3c4[nH]c5cccc(OP(=O)(O)O)c5c4CCN(C2)C13.CCC1CC2CC3c4[nH]c5cccc(OP(=O)(O)O)c5c4CCN(C2)C13.CCCN(CCC)CCC1=CCc2ccc(OP(=O)(O)O)cc21.CCCN(CCC)CCC1=CCc2cccc(OP(=O)(O)O)c21.CNCCC1=CCc2c(OP(=O)(O)O)cccc21.CNCCC1=CCc2ccc(OP(=O)(O)O)cc21. The lowest BCUT2D eigenvalue weighted by Crippen LogP contribution is -2.56. The number of allylic oxidation sites excluding steroid dienone is 4. The first kappa shape index (κ1) is 104. The van der Waals surface area contributed by atoms with E-state index in [0.29, 0.717) is 30.3 Å². The quantitative estimate of drug-likeness (QED) is 0.0167. The summed E-state index contributed by atoms with van der Waals surface area (Å²) in [6, 6.07) is 33.1. The molecular formula is C96H134N8O24P6. The van der Waals surface area contributed by atoms with E-state index in [4.69, 9.17) is 61.8 Å². The predicted octanol–water partition coefficient (Wildman–Crippen LogP) is 17.4. The average Bonchev–Trinajstić information content (AvgIpc) is 1.57. The van der Waals surface area contributed by atoms with Crippen LogP contribution < -0.4 is 37.8 Å². The molecule has 2 saturated carbocycles. The van der Waals surface area contributed by atoms with Gasteiger partial charge in [-0.15, -0.1) is 0 Å². The average molecular weight is 1970 g/mol. The Morgan fingerprint density at radius 3 is 1.19 bits per heavy atom. The van der Waals surface area contributed by atoms with Crippen LogP contribution in [0.5, 0.6) is 34.5 Å². The zero-order valence-corrected chi connectivity index (χ0v) is 83.1. The molecule has 134 heavy (non-hydrogen) atoms. The number of nitrogens with zero attached hydrogens (tertiary/aromatic N) is 4. The maximum atomic E-state index is 11.4. The maximum absolute atomic E-state index is 11.4. The van der Waals surface area contributed by atoms with Gasteiger partial charge in [-0.1, -0.05) is 127 Å². The Morgan fingerprint density at radius 1 is 0.388 bits per heavy atom. The molecule has 6 aliphatic carbocycles. The van der Waals surface area contributed by atoms with Crippen LogP contribution in [-0.2, 0) is 65.9 Å². The first-order valence-corrected chi connectivity index (χ1v) is 56.2. The number of H-pyrrole nitrogens is 2. The zero-order chi connectivity index (χ0) is 96.2. The summed E-state index contributed by atoms with van der Waals surface area (Å²) in [5, 5.41) is 7.86. The van der Waals surface area contributed by atoms with E-state index in [9.17, 15) is 47.0 Å². The summed E-state index contributed by atoms with van der Waals surface area (Å²) in [6.07, 6.45) is 29.3. The molecule has 38 heteroatoms. The number of rotatable bonds is 34. The molecular weight excluding hydrogens is 1830 g/mol. The minimum Gasteiger partial charge on any atom is -0.404 e. The maximum Gasteiger partial charge on any atom is 0.524 e. The Kier molecular flexibility index (Phi) is 35.6. The van der Waals surface area contributed by atoms with Gasteiger partial charge in [-0.3, -0.25) is 68.5 Å². The van der Waals surface area contributed by atoms with Gasteiger partial charge in [0, 0.05) is 108 Å². The van der Waals surface area contributed by atoms with E-state index < -0.39 is 46.9 Å². The molecule has 4 saturated heterocycles. The van der Waals surface area contributed by atoms with Crippen molar-refractivity contribution < 1.29 is 113 Å². The van der Waals surface area contributed by atoms with E-state index in [1.54, 1.807) is 72.8 Å². The van der Waals surface area contributed by atoms with Gasteiger partial charge in [-0.05, 0) is 320 Å². The number of aromatic amines is 2. The second-order valence-electron chi connectivity index (χ2n) is 36.4. The van der Waals surface area contributed by atoms with Crippen LogP contribution in [0.25, 0.3) is 44.1 Å². The number of hydrogen-bond donors (Lipinski definition) is 16. The Hall–Kier alpha value is -7.18. The van der Waals surface area contributed by atoms with Crippen LogP contribution in [0.1, 0.15) is 210 Å². The second-order valence-corrected chi connectivity index (χ2v) is 43.4. The normalized spacial score (nSPS) is 21.5. The van der Waals surface area contributed by atoms with Crippen molar-refractivity contribution in [2.24, 2.45) is 23.7 Å². The Morgan fingerprint density at radius 2 is 0.761 bits per heavy atom. The number of aromatic nitrogens is 2. The fraction of sp³-hybridized carbons (Fsp3) is 0.500. The third kappa shape index (κ3) is 27.3. The molecule has 2 aromatic heterocycles. The molecule has 8 heterocycles. The second kappa shape index (κ2) is 45.8. The number of phosphoric acid groups is 6. The van der Waals surface area contributed by atoms with Crippen LogP contribution >= 0.6 is 46.9 Å². The van der Waals surface area contributed by atoms with Gasteiger partial charge in [0.05, 0.1) is 0 Å². The summed E-state index contributed by atoms with van der Waals surface area (Å²) in [5.74, 6) is 5.56. The lowest BCUT2D eigenvalue weighted by Gasteiger charge is -2.53. The molecule has 6 aliphatic heterocycles. The lowest BCUT2D eigenvalue weighted by molar-refractivity contribution is -0.0134. The molecule has 6 aromatic carbocycles. The fourth-order valence-electron chi connectivity index (χ4n) is 22.2. The van der Waals surface area contributed by atoms with E-state index in [1.165, 1.54) is 102 Å². The number of nitrogens with one attached hydrogen (secondary N) is 4. The van der Waals surface area contributed by atoms with E-state index in [1.807, 2.05) is 50.5 Å². The number of fused-ring (bicyclic) bond motifs is 12. The minimum atomic E-state index is -4.59. The van der Waals surface area contributed by atoms with Gasteiger partial charge in [0.25, 0.3) is 0 Å². The highest BCUT2D eigenvalue weighted by Gasteiger charge is 2.51. The monoisotopic (exact) mass is 1970 g/mol. The topological polar surface area (TPSA) is 469 Å². The van der Waals surface area contributed by atoms with Crippen molar-refractivity contribution in [2.75, 3.05) is 92.6 Å². The first-order valence-electron chi connectivity index (χ1n) is 47.0. The van der Waals surface area contributed by atoms with Gasteiger partial charge in [-0.2, -0.15) is 0 Å². The number of benzene rings is 6. The summed E-state index contributed by atoms with van der Waals surface area (Å²) in [5.41, 5.74) is 19.8. The van der Waals surface area contributed by atoms with Crippen LogP contribution in [0.4, 0.5) is 0 Å². The third-order valence-electron chi connectivity index (χ3n) is 27.2. The minimum absolute atomic E-state index is 0.208. The van der Waals surface area contributed by atoms with Gasteiger partial charge in [-0.25, -0.2) is 27.4 Å². The molecule has 32 nitrogen and oxygen atoms in total. The summed E-state index contributed by atoms with van der Waals surface area (Å²) in [7, 11) is -23.4. The molecule has 0 radical (unpaired) electrons. The first-order chi connectivity index (χ1) is 63.8. The largest absolute Gasteiger partial charge is 0.524 e. The molecule has 0 amide bonds. The van der Waals surface area contributed by atoms with Gasteiger partial charge in [0.2, 0.25) is 0 Å². The molecule has 8 aromatic rings. The molecule has 16 N–H and O–H groups in total. The van der Waals surface area contributed by atoms with Gasteiger partial charge in [0.15, 0.2) is 0 Å². The van der Waals surface area contributed by atoms with Crippen LogP contribution in [0.15, 0.2) is 133 Å². The van der Waals surface area contributed by atoms with Crippen molar-refractivity contribution in [3.8, 4) is 34.5 Å². The third-order valence-corrected chi connectivity index (χ3v) is 29.8. The van der Waals surface area contributed by atoms with Crippen molar-refractivity contribution in [1.82, 2.24) is 40.2 Å². The highest BCUT2D eigenvalue weighted by molar-refractivity contribution is 7.48. The highest BCUT2D eigenvalue weighted by atomic mass is 31.2. The number of hydrogen-bond acceptors (Lipinski definition) is 18. The summed E-state index contributed by atoms with van der Waals surface area (Å²) >= 11 is 0. The van der Waals surface area contributed by atoms with Crippen molar-refractivity contribution in [3.63, 3.8) is 0 Å². The highest BCUT2D eigenvalue weighted by Crippen LogP contribution is 2.57. The number of phosphoric ester groups is 6. The Labute approximate surface area is 785 Å². The van der Waals surface area contributed by atoms with Crippen molar-refractivity contribution in [2.45, 2.75) is 194 Å². The van der Waals surface area contributed by atoms with Crippen LogP contribution in [0, 0.1) is 23.7 Å². The van der Waals surface area contributed by atoms with E-state index >= 15 is 0 Å². The molecule has 6 fully saturated rings. The molecule has 10 unspecified atom stereocenters. The molecule has 10 atom stereocenters. The summed E-state index contributed by atoms with van der Waals surface area (Å²) in [6.45, 7) is 25.8. The van der Waals surface area contributed by atoms with Crippen LogP contribution in [0.3, 0.4) is 0 Å². The van der Waals surface area contributed by atoms with Crippen molar-refractivity contribution >= 4 is 91.0 Å². The van der Waals surface area contributed by atoms with Crippen molar-refractivity contribution in [3.05, 3.63) is 201 Å². The van der Waals surface area contributed by atoms with Gasteiger partial charge >= 0.3 is 46.9 Å². The predicted molar refractivity (Wildman–Crippen MR) is 522 cm³/mol. The summed E-state index contributed by atoms with van der Waals surface area (Å²) in [4.78, 5) is 126. The molecule has 12 aliphatic rings. The van der Waals surface area contributed by atoms with E-state index in [0.717, 1.165) is 233 Å².